The molecule has 0 spiro atoms. The number of hydrogen-bond acceptors (Lipinski definition) is 5. The number of nitrogens with zero attached hydrogens (tertiary/aromatic N) is 1. The van der Waals surface area contributed by atoms with Crippen molar-refractivity contribution in [3.05, 3.63) is 28.8 Å². The van der Waals surface area contributed by atoms with E-state index < -0.39 is 10.0 Å². The Balaban J connectivity index is 2.47. The largest absolute Gasteiger partial charge is 0.382 e. The molecule has 1 aromatic rings. The van der Waals surface area contributed by atoms with Crippen molar-refractivity contribution in [2.45, 2.75) is 11.3 Å². The highest BCUT2D eigenvalue weighted by atomic mass is 35.5. The summed E-state index contributed by atoms with van der Waals surface area (Å²) in [6, 6.07) is 5.87. The predicted molar refractivity (Wildman–Crippen MR) is 78.7 cm³/mol. The summed E-state index contributed by atoms with van der Waals surface area (Å²) in [6.07, 6.45) is 0.549. The number of benzene rings is 1. The van der Waals surface area contributed by atoms with Crippen molar-refractivity contribution >= 4 is 21.6 Å². The average Bonchev–Trinajstić information content (AvgIpc) is 2.46. The van der Waals surface area contributed by atoms with E-state index in [4.69, 9.17) is 26.3 Å². The number of nitriles is 1. The van der Waals surface area contributed by atoms with E-state index in [2.05, 4.69) is 4.72 Å². The summed E-state index contributed by atoms with van der Waals surface area (Å²) in [5.74, 6) is 0. The van der Waals surface area contributed by atoms with E-state index >= 15 is 0 Å². The topological polar surface area (TPSA) is 88.4 Å². The SMILES string of the molecule is COCCOCCCNS(=O)(=O)c1ccc(C#N)c(Cl)c1. The molecule has 0 amide bonds. The highest BCUT2D eigenvalue weighted by Crippen LogP contribution is 2.19. The lowest BCUT2D eigenvalue weighted by molar-refractivity contribution is 0.0699. The molecule has 0 atom stereocenters. The number of ether oxygens (including phenoxy) is 2. The Kier molecular flexibility index (Phi) is 7.64. The first-order chi connectivity index (χ1) is 10.0. The molecule has 6 nitrogen and oxygen atoms in total. The van der Waals surface area contributed by atoms with Crippen molar-refractivity contribution in [3.8, 4) is 6.07 Å². The van der Waals surface area contributed by atoms with Gasteiger partial charge in [0.2, 0.25) is 10.0 Å². The maximum absolute atomic E-state index is 12.0. The summed E-state index contributed by atoms with van der Waals surface area (Å²) < 4.78 is 36.5. The second-order valence-electron chi connectivity index (χ2n) is 4.11. The maximum Gasteiger partial charge on any atom is 0.240 e. The monoisotopic (exact) mass is 332 g/mol. The van der Waals surface area contributed by atoms with Crippen LogP contribution in [0.15, 0.2) is 23.1 Å². The van der Waals surface area contributed by atoms with Gasteiger partial charge in [0.25, 0.3) is 0 Å². The number of rotatable bonds is 9. The minimum Gasteiger partial charge on any atom is -0.382 e. The van der Waals surface area contributed by atoms with E-state index in [-0.39, 0.29) is 22.0 Å². The molecule has 1 rings (SSSR count). The first kappa shape index (κ1) is 17.9. The number of methoxy groups -OCH3 is 1. The Morgan fingerprint density at radius 1 is 1.33 bits per heavy atom. The fourth-order valence-corrected chi connectivity index (χ4v) is 2.85. The molecule has 0 aliphatic rings. The van der Waals surface area contributed by atoms with Crippen molar-refractivity contribution in [2.24, 2.45) is 0 Å². The van der Waals surface area contributed by atoms with E-state index in [9.17, 15) is 8.42 Å². The fraction of sp³-hybridized carbons (Fsp3) is 0.462. The van der Waals surface area contributed by atoms with E-state index in [1.807, 2.05) is 6.07 Å². The number of hydrogen-bond donors (Lipinski definition) is 1. The molecule has 0 aliphatic heterocycles. The third-order valence-corrected chi connectivity index (χ3v) is 4.33. The minimum absolute atomic E-state index is 0.0341. The van der Waals surface area contributed by atoms with E-state index in [0.717, 1.165) is 0 Å². The van der Waals surface area contributed by atoms with E-state index in [0.29, 0.717) is 26.2 Å². The van der Waals surface area contributed by atoms with Crippen LogP contribution in [-0.4, -0.2) is 41.9 Å². The summed E-state index contributed by atoms with van der Waals surface area (Å²) in [7, 11) is -2.05. The lowest BCUT2D eigenvalue weighted by Crippen LogP contribution is -2.25. The fourth-order valence-electron chi connectivity index (χ4n) is 1.46. The molecule has 0 aliphatic carbocycles. The lowest BCUT2D eigenvalue weighted by Gasteiger charge is -2.08. The predicted octanol–water partition coefficient (Wildman–Crippen LogP) is 1.54. The Morgan fingerprint density at radius 2 is 2.10 bits per heavy atom. The van der Waals surface area contributed by atoms with E-state index in [1.165, 1.54) is 18.2 Å². The van der Waals surface area contributed by atoms with Gasteiger partial charge in [0.05, 0.1) is 28.7 Å². The first-order valence-electron chi connectivity index (χ1n) is 6.27. The summed E-state index contributed by atoms with van der Waals surface area (Å²) in [6.45, 7) is 1.69. The van der Waals surface area contributed by atoms with Gasteiger partial charge in [-0.25, -0.2) is 13.1 Å². The average molecular weight is 333 g/mol. The maximum atomic E-state index is 12.0. The molecule has 0 bridgehead atoms. The molecule has 1 aromatic carbocycles. The molecule has 8 heteroatoms. The van der Waals surface area contributed by atoms with Gasteiger partial charge in [0.15, 0.2) is 0 Å². The zero-order valence-corrected chi connectivity index (χ0v) is 13.2. The van der Waals surface area contributed by atoms with Crippen molar-refractivity contribution in [3.63, 3.8) is 0 Å². The summed E-state index contributed by atoms with van der Waals surface area (Å²) in [4.78, 5) is 0.0341. The molecule has 0 radical (unpaired) electrons. The summed E-state index contributed by atoms with van der Waals surface area (Å²) in [5.41, 5.74) is 0.238. The van der Waals surface area contributed by atoms with Gasteiger partial charge in [-0.2, -0.15) is 5.26 Å². The second-order valence-corrected chi connectivity index (χ2v) is 6.28. The molecule has 0 saturated carbocycles. The van der Waals surface area contributed by atoms with Crippen LogP contribution < -0.4 is 4.72 Å². The summed E-state index contributed by atoms with van der Waals surface area (Å²) in [5, 5.41) is 8.87. The number of nitrogens with one attached hydrogen (secondary N) is 1. The zero-order chi connectivity index (χ0) is 15.7. The van der Waals surface area contributed by atoms with Gasteiger partial charge >= 0.3 is 0 Å². The number of sulfonamides is 1. The van der Waals surface area contributed by atoms with Gasteiger partial charge in [-0.05, 0) is 24.6 Å². The Labute approximate surface area is 129 Å². The van der Waals surface area contributed by atoms with Crippen LogP contribution in [0.3, 0.4) is 0 Å². The van der Waals surface area contributed by atoms with Crippen LogP contribution in [0.4, 0.5) is 0 Å². The smallest absolute Gasteiger partial charge is 0.240 e. The van der Waals surface area contributed by atoms with Crippen LogP contribution >= 0.6 is 11.6 Å². The van der Waals surface area contributed by atoms with Crippen LogP contribution in [0.2, 0.25) is 5.02 Å². The molecule has 0 unspecified atom stereocenters. The third kappa shape index (κ3) is 5.99. The van der Waals surface area contributed by atoms with Gasteiger partial charge in [0, 0.05) is 20.3 Å². The molecule has 116 valence electrons. The first-order valence-corrected chi connectivity index (χ1v) is 8.13. The van der Waals surface area contributed by atoms with E-state index in [1.54, 1.807) is 7.11 Å². The Bertz CT molecular complexity index is 599. The molecule has 0 saturated heterocycles. The van der Waals surface area contributed by atoms with Crippen molar-refractivity contribution in [2.75, 3.05) is 33.5 Å². The quantitative estimate of drug-likeness (QED) is 0.693. The molecule has 0 fully saturated rings. The van der Waals surface area contributed by atoms with Gasteiger partial charge in [-0.1, -0.05) is 11.6 Å². The zero-order valence-electron chi connectivity index (χ0n) is 11.6. The molecule has 1 N–H and O–H groups in total. The summed E-state index contributed by atoms with van der Waals surface area (Å²) >= 11 is 5.82. The molecular weight excluding hydrogens is 316 g/mol. The normalized spacial score (nSPS) is 11.3. The Hall–Kier alpha value is -1.17. The molecule has 21 heavy (non-hydrogen) atoms. The second kappa shape index (κ2) is 8.97. The van der Waals surface area contributed by atoms with Crippen molar-refractivity contribution in [1.82, 2.24) is 4.72 Å². The Morgan fingerprint density at radius 3 is 2.71 bits per heavy atom. The van der Waals surface area contributed by atoms with Crippen LogP contribution in [0.25, 0.3) is 0 Å². The van der Waals surface area contributed by atoms with Crippen LogP contribution in [0, 0.1) is 11.3 Å². The third-order valence-electron chi connectivity index (χ3n) is 2.56. The van der Waals surface area contributed by atoms with Crippen LogP contribution in [0.5, 0.6) is 0 Å². The van der Waals surface area contributed by atoms with Gasteiger partial charge in [0.1, 0.15) is 6.07 Å². The molecular formula is C13H17ClN2O4S. The van der Waals surface area contributed by atoms with Crippen molar-refractivity contribution in [1.29, 1.82) is 5.26 Å². The van der Waals surface area contributed by atoms with Gasteiger partial charge in [-0.15, -0.1) is 0 Å². The van der Waals surface area contributed by atoms with Gasteiger partial charge in [-0.3, -0.25) is 0 Å². The highest BCUT2D eigenvalue weighted by molar-refractivity contribution is 7.89. The minimum atomic E-state index is -3.63. The molecule has 0 heterocycles. The number of halogens is 1. The van der Waals surface area contributed by atoms with Crippen LogP contribution in [0.1, 0.15) is 12.0 Å². The standard InChI is InChI=1S/C13H17ClN2O4S/c1-19-7-8-20-6-2-5-16-21(17,18)12-4-3-11(10-15)13(14)9-12/h3-4,9,16H,2,5-8H2,1H3. The highest BCUT2D eigenvalue weighted by Gasteiger charge is 2.14. The molecule has 0 aromatic heterocycles. The van der Waals surface area contributed by atoms with Crippen LogP contribution in [-0.2, 0) is 19.5 Å². The van der Waals surface area contributed by atoms with Gasteiger partial charge < -0.3 is 9.47 Å². The lowest BCUT2D eigenvalue weighted by atomic mass is 10.2. The van der Waals surface area contributed by atoms with Crippen molar-refractivity contribution < 1.29 is 17.9 Å².